The first-order valence-electron chi connectivity index (χ1n) is 7.55. The second-order valence-electron chi connectivity index (χ2n) is 6.08. The maximum absolute atomic E-state index is 12.4. The van der Waals surface area contributed by atoms with Crippen molar-refractivity contribution in [3.8, 4) is 0 Å². The molecule has 2 N–H and O–H groups in total. The third-order valence-corrected chi connectivity index (χ3v) is 4.89. The first kappa shape index (κ1) is 15.7. The highest BCUT2D eigenvalue weighted by Gasteiger charge is 2.44. The fourth-order valence-corrected chi connectivity index (χ4v) is 3.51. The average molecular weight is 330 g/mol. The van der Waals surface area contributed by atoms with Crippen LogP contribution in [0.15, 0.2) is 29.8 Å². The summed E-state index contributed by atoms with van der Waals surface area (Å²) < 4.78 is 0. The van der Waals surface area contributed by atoms with Crippen molar-refractivity contribution in [3.63, 3.8) is 0 Å². The fourth-order valence-electron chi connectivity index (χ4n) is 2.67. The lowest BCUT2D eigenvalue weighted by atomic mass is 10.1. The van der Waals surface area contributed by atoms with Gasteiger partial charge in [-0.05, 0) is 36.0 Å². The van der Waals surface area contributed by atoms with Crippen molar-refractivity contribution in [3.05, 3.63) is 45.9 Å². The number of thiazole rings is 1. The van der Waals surface area contributed by atoms with Gasteiger partial charge in [0.05, 0.1) is 17.1 Å². The number of hydrogen-bond donors (Lipinski definition) is 2. The SMILES string of the molecule is CC(C)c1ncsc1C(=O)Nc1ccc([C@@H]2C[C@H]2C(=O)O)cc1. The molecule has 1 fully saturated rings. The number of carbonyl (C=O) groups excluding carboxylic acids is 1. The van der Waals surface area contributed by atoms with Gasteiger partial charge in [-0.1, -0.05) is 26.0 Å². The van der Waals surface area contributed by atoms with E-state index in [1.165, 1.54) is 11.3 Å². The van der Waals surface area contributed by atoms with Crippen molar-refractivity contribution in [2.45, 2.75) is 32.1 Å². The van der Waals surface area contributed by atoms with E-state index in [9.17, 15) is 9.59 Å². The van der Waals surface area contributed by atoms with Crippen molar-refractivity contribution in [2.75, 3.05) is 5.32 Å². The highest BCUT2D eigenvalue weighted by Crippen LogP contribution is 2.47. The number of amides is 1. The summed E-state index contributed by atoms with van der Waals surface area (Å²) in [5.74, 6) is -0.850. The van der Waals surface area contributed by atoms with Gasteiger partial charge in [0.25, 0.3) is 5.91 Å². The number of nitrogens with zero attached hydrogens (tertiary/aromatic N) is 1. The number of anilines is 1. The molecule has 1 aliphatic rings. The number of aliphatic carboxylic acids is 1. The van der Waals surface area contributed by atoms with E-state index >= 15 is 0 Å². The summed E-state index contributed by atoms with van der Waals surface area (Å²) in [5.41, 5.74) is 4.21. The Balaban J connectivity index is 1.68. The highest BCUT2D eigenvalue weighted by molar-refractivity contribution is 7.12. The summed E-state index contributed by atoms with van der Waals surface area (Å²) in [6, 6.07) is 7.42. The van der Waals surface area contributed by atoms with Crippen molar-refractivity contribution in [1.82, 2.24) is 4.98 Å². The number of hydrogen-bond acceptors (Lipinski definition) is 4. The van der Waals surface area contributed by atoms with Crippen LogP contribution in [0.1, 0.15) is 53.0 Å². The number of nitrogens with one attached hydrogen (secondary N) is 1. The quantitative estimate of drug-likeness (QED) is 0.876. The normalized spacial score (nSPS) is 19.6. The Kier molecular flexibility index (Phi) is 4.17. The molecule has 1 heterocycles. The minimum Gasteiger partial charge on any atom is -0.481 e. The molecular formula is C17H18N2O3S. The minimum absolute atomic E-state index is 0.103. The monoisotopic (exact) mass is 330 g/mol. The molecular weight excluding hydrogens is 312 g/mol. The predicted octanol–water partition coefficient (Wildman–Crippen LogP) is 3.71. The van der Waals surface area contributed by atoms with E-state index in [0.717, 1.165) is 11.3 Å². The lowest BCUT2D eigenvalue weighted by Gasteiger charge is -2.08. The summed E-state index contributed by atoms with van der Waals surface area (Å²) >= 11 is 1.34. The number of aromatic nitrogens is 1. The lowest BCUT2D eigenvalue weighted by Crippen LogP contribution is -2.13. The molecule has 0 radical (unpaired) electrons. The average Bonchev–Trinajstić information content (AvgIpc) is 3.16. The molecule has 2 atom stereocenters. The van der Waals surface area contributed by atoms with Crippen LogP contribution < -0.4 is 5.32 Å². The molecule has 0 aliphatic heterocycles. The second kappa shape index (κ2) is 6.12. The second-order valence-corrected chi connectivity index (χ2v) is 6.94. The fraction of sp³-hybridized carbons (Fsp3) is 0.353. The van der Waals surface area contributed by atoms with E-state index in [2.05, 4.69) is 10.3 Å². The van der Waals surface area contributed by atoms with Crippen LogP contribution in [0.5, 0.6) is 0 Å². The molecule has 1 amide bonds. The Morgan fingerprint density at radius 3 is 2.57 bits per heavy atom. The summed E-state index contributed by atoms with van der Waals surface area (Å²) in [5, 5.41) is 11.8. The van der Waals surface area contributed by atoms with Crippen LogP contribution in [0.2, 0.25) is 0 Å². The van der Waals surface area contributed by atoms with Gasteiger partial charge in [-0.2, -0.15) is 0 Å². The van der Waals surface area contributed by atoms with Crippen molar-refractivity contribution in [1.29, 1.82) is 0 Å². The van der Waals surface area contributed by atoms with Gasteiger partial charge in [0.2, 0.25) is 0 Å². The summed E-state index contributed by atoms with van der Waals surface area (Å²) in [6.07, 6.45) is 0.694. The third kappa shape index (κ3) is 3.27. The lowest BCUT2D eigenvalue weighted by molar-refractivity contribution is -0.138. The molecule has 1 aromatic carbocycles. The summed E-state index contributed by atoms with van der Waals surface area (Å²) in [7, 11) is 0. The maximum Gasteiger partial charge on any atom is 0.307 e. The van der Waals surface area contributed by atoms with Gasteiger partial charge >= 0.3 is 5.97 Å². The van der Waals surface area contributed by atoms with Gasteiger partial charge in [-0.25, -0.2) is 4.98 Å². The van der Waals surface area contributed by atoms with E-state index in [4.69, 9.17) is 5.11 Å². The number of carboxylic acid groups (broad SMARTS) is 1. The highest BCUT2D eigenvalue weighted by atomic mass is 32.1. The first-order valence-corrected chi connectivity index (χ1v) is 8.43. The molecule has 0 bridgehead atoms. The van der Waals surface area contributed by atoms with Gasteiger partial charge in [0.15, 0.2) is 0 Å². The van der Waals surface area contributed by atoms with Crippen LogP contribution in [-0.4, -0.2) is 22.0 Å². The molecule has 5 nitrogen and oxygen atoms in total. The standard InChI is InChI=1S/C17H18N2O3S/c1-9(2)14-15(23-8-18-14)16(20)19-11-5-3-10(4-6-11)12-7-13(12)17(21)22/h3-6,8-9,12-13H,7H2,1-2H3,(H,19,20)(H,21,22)/t12-,13+/m0/s1. The van der Waals surface area contributed by atoms with Crippen LogP contribution in [0.3, 0.4) is 0 Å². The van der Waals surface area contributed by atoms with E-state index in [1.54, 1.807) is 5.51 Å². The molecule has 0 unspecified atom stereocenters. The summed E-state index contributed by atoms with van der Waals surface area (Å²) in [4.78, 5) is 28.2. The molecule has 120 valence electrons. The topological polar surface area (TPSA) is 79.3 Å². The minimum atomic E-state index is -0.737. The molecule has 23 heavy (non-hydrogen) atoms. The largest absolute Gasteiger partial charge is 0.481 e. The van der Waals surface area contributed by atoms with E-state index in [1.807, 2.05) is 38.1 Å². The molecule has 1 aromatic heterocycles. The Hall–Kier alpha value is -2.21. The molecule has 0 spiro atoms. The molecule has 6 heteroatoms. The zero-order valence-electron chi connectivity index (χ0n) is 12.9. The predicted molar refractivity (Wildman–Crippen MR) is 89.1 cm³/mol. The molecule has 1 aliphatic carbocycles. The van der Waals surface area contributed by atoms with Crippen LogP contribution >= 0.6 is 11.3 Å². The van der Waals surface area contributed by atoms with Crippen molar-refractivity contribution < 1.29 is 14.7 Å². The molecule has 3 rings (SSSR count). The zero-order chi connectivity index (χ0) is 16.6. The van der Waals surface area contributed by atoms with Crippen LogP contribution in [-0.2, 0) is 4.79 Å². The number of rotatable bonds is 5. The van der Waals surface area contributed by atoms with Gasteiger partial charge in [-0.3, -0.25) is 9.59 Å². The van der Waals surface area contributed by atoms with Gasteiger partial charge in [-0.15, -0.1) is 11.3 Å². The van der Waals surface area contributed by atoms with E-state index in [0.29, 0.717) is 17.0 Å². The zero-order valence-corrected chi connectivity index (χ0v) is 13.8. The van der Waals surface area contributed by atoms with Crippen molar-refractivity contribution in [2.24, 2.45) is 5.92 Å². The van der Waals surface area contributed by atoms with Crippen LogP contribution in [0.4, 0.5) is 5.69 Å². The summed E-state index contributed by atoms with van der Waals surface area (Å²) in [6.45, 7) is 4.02. The number of carboxylic acids is 1. The Morgan fingerprint density at radius 2 is 2.00 bits per heavy atom. The molecule has 1 saturated carbocycles. The van der Waals surface area contributed by atoms with E-state index < -0.39 is 5.97 Å². The first-order chi connectivity index (χ1) is 11.0. The van der Waals surface area contributed by atoms with Gasteiger partial charge in [0, 0.05) is 5.69 Å². The maximum atomic E-state index is 12.4. The van der Waals surface area contributed by atoms with Crippen molar-refractivity contribution >= 4 is 28.9 Å². The van der Waals surface area contributed by atoms with Gasteiger partial charge in [0.1, 0.15) is 4.88 Å². The number of carbonyl (C=O) groups is 2. The Morgan fingerprint density at radius 1 is 1.30 bits per heavy atom. The molecule has 0 saturated heterocycles. The molecule has 2 aromatic rings. The van der Waals surface area contributed by atoms with Crippen LogP contribution in [0, 0.1) is 5.92 Å². The van der Waals surface area contributed by atoms with E-state index in [-0.39, 0.29) is 23.7 Å². The third-order valence-electron chi connectivity index (χ3n) is 4.05. The van der Waals surface area contributed by atoms with Crippen LogP contribution in [0.25, 0.3) is 0 Å². The Bertz CT molecular complexity index is 737. The van der Waals surface area contributed by atoms with Gasteiger partial charge < -0.3 is 10.4 Å². The smallest absolute Gasteiger partial charge is 0.307 e. The number of benzene rings is 1. The Labute approximate surface area is 138 Å².